The monoisotopic (exact) mass is 340 g/mol. The second kappa shape index (κ2) is 5.71. The number of halogens is 3. The fourth-order valence-corrected chi connectivity index (χ4v) is 2.34. The summed E-state index contributed by atoms with van der Waals surface area (Å²) in [7, 11) is 1.50. The Bertz CT molecular complexity index is 684. The predicted molar refractivity (Wildman–Crippen MR) is 75.2 cm³/mol. The molecule has 2 aromatic rings. The highest BCUT2D eigenvalue weighted by atomic mass is 79.9. The summed E-state index contributed by atoms with van der Waals surface area (Å²) >= 11 is 3.26. The third-order valence-electron chi connectivity index (χ3n) is 2.91. The van der Waals surface area contributed by atoms with E-state index in [1.54, 1.807) is 12.1 Å². The molecule has 0 aliphatic carbocycles. The average Bonchev–Trinajstić information content (AvgIpc) is 2.42. The van der Waals surface area contributed by atoms with Gasteiger partial charge in [-0.05, 0) is 52.7 Å². The topological polar surface area (TPSA) is 26.3 Å². The largest absolute Gasteiger partial charge is 0.496 e. The predicted octanol–water partition coefficient (Wildman–Crippen LogP) is 4.28. The first kappa shape index (κ1) is 14.7. The van der Waals surface area contributed by atoms with Gasteiger partial charge in [-0.2, -0.15) is 0 Å². The smallest absolute Gasteiger partial charge is 0.196 e. The fraction of sp³-hybridized carbons (Fsp3) is 0.133. The zero-order chi connectivity index (χ0) is 14.9. The van der Waals surface area contributed by atoms with Crippen LogP contribution in [0.3, 0.4) is 0 Å². The molecule has 0 bridgehead atoms. The van der Waals surface area contributed by atoms with Crippen molar-refractivity contribution in [2.24, 2.45) is 0 Å². The summed E-state index contributed by atoms with van der Waals surface area (Å²) in [6.07, 6.45) is 0. The molecule has 2 rings (SSSR count). The van der Waals surface area contributed by atoms with Crippen LogP contribution >= 0.6 is 15.9 Å². The Morgan fingerprint density at radius 3 is 2.45 bits per heavy atom. The number of carbonyl (C=O) groups excluding carboxylic acids is 1. The fourth-order valence-electron chi connectivity index (χ4n) is 1.79. The SMILES string of the molecule is COc1ccc(C(=O)c2cc(C)c(F)cc2F)cc1Br. The summed E-state index contributed by atoms with van der Waals surface area (Å²) < 4.78 is 32.6. The van der Waals surface area contributed by atoms with Gasteiger partial charge in [0, 0.05) is 11.6 Å². The van der Waals surface area contributed by atoms with E-state index in [-0.39, 0.29) is 11.1 Å². The molecule has 0 aliphatic rings. The number of benzene rings is 2. The Morgan fingerprint density at radius 2 is 1.85 bits per heavy atom. The van der Waals surface area contributed by atoms with Crippen LogP contribution in [0.15, 0.2) is 34.8 Å². The van der Waals surface area contributed by atoms with Crippen molar-refractivity contribution in [2.75, 3.05) is 7.11 Å². The minimum absolute atomic E-state index is 0.152. The van der Waals surface area contributed by atoms with Crippen LogP contribution in [-0.2, 0) is 0 Å². The minimum atomic E-state index is -0.870. The van der Waals surface area contributed by atoms with Crippen LogP contribution in [0.2, 0.25) is 0 Å². The van der Waals surface area contributed by atoms with Crippen molar-refractivity contribution in [2.45, 2.75) is 6.92 Å². The van der Waals surface area contributed by atoms with Crippen LogP contribution in [0.4, 0.5) is 8.78 Å². The Morgan fingerprint density at radius 1 is 1.15 bits per heavy atom. The first-order valence-corrected chi connectivity index (χ1v) is 6.57. The second-order valence-corrected chi connectivity index (χ2v) is 5.11. The lowest BCUT2D eigenvalue weighted by molar-refractivity contribution is 0.103. The first-order valence-electron chi connectivity index (χ1n) is 5.78. The quantitative estimate of drug-likeness (QED) is 0.779. The molecule has 0 spiro atoms. The van der Waals surface area contributed by atoms with E-state index in [1.807, 2.05) is 0 Å². The van der Waals surface area contributed by atoms with Crippen molar-refractivity contribution in [3.63, 3.8) is 0 Å². The van der Waals surface area contributed by atoms with Gasteiger partial charge in [0.1, 0.15) is 17.4 Å². The summed E-state index contributed by atoms with van der Waals surface area (Å²) in [6, 6.07) is 6.61. The zero-order valence-electron chi connectivity index (χ0n) is 10.8. The van der Waals surface area contributed by atoms with E-state index in [2.05, 4.69) is 15.9 Å². The average molecular weight is 341 g/mol. The molecule has 0 aromatic heterocycles. The van der Waals surface area contributed by atoms with Crippen LogP contribution < -0.4 is 4.74 Å². The normalized spacial score (nSPS) is 10.4. The highest BCUT2D eigenvalue weighted by Gasteiger charge is 2.17. The summed E-state index contributed by atoms with van der Waals surface area (Å²) in [6.45, 7) is 1.48. The van der Waals surface area contributed by atoms with Gasteiger partial charge in [0.15, 0.2) is 5.78 Å². The molecule has 0 N–H and O–H groups in total. The standard InChI is InChI=1S/C15H11BrF2O2/c1-8-5-10(13(18)7-12(8)17)15(19)9-3-4-14(20-2)11(16)6-9/h3-7H,1-2H3. The summed E-state index contributed by atoms with van der Waals surface area (Å²) in [5.74, 6) is -1.48. The molecule has 2 nitrogen and oxygen atoms in total. The Labute approximate surface area is 123 Å². The number of rotatable bonds is 3. The second-order valence-electron chi connectivity index (χ2n) is 4.26. The third-order valence-corrected chi connectivity index (χ3v) is 3.53. The first-order chi connectivity index (χ1) is 9.43. The molecule has 5 heteroatoms. The molecule has 0 amide bonds. The number of hydrogen-bond donors (Lipinski definition) is 0. The van der Waals surface area contributed by atoms with Gasteiger partial charge >= 0.3 is 0 Å². The van der Waals surface area contributed by atoms with E-state index in [1.165, 1.54) is 26.2 Å². The molecule has 20 heavy (non-hydrogen) atoms. The van der Waals surface area contributed by atoms with Crippen molar-refractivity contribution >= 4 is 21.7 Å². The van der Waals surface area contributed by atoms with Crippen molar-refractivity contribution < 1.29 is 18.3 Å². The van der Waals surface area contributed by atoms with E-state index in [0.717, 1.165) is 6.07 Å². The van der Waals surface area contributed by atoms with Crippen LogP contribution in [0.5, 0.6) is 5.75 Å². The maximum absolute atomic E-state index is 13.7. The van der Waals surface area contributed by atoms with Crippen LogP contribution in [0.1, 0.15) is 21.5 Å². The van der Waals surface area contributed by atoms with E-state index < -0.39 is 17.4 Å². The highest BCUT2D eigenvalue weighted by molar-refractivity contribution is 9.10. The van der Waals surface area contributed by atoms with Crippen molar-refractivity contribution in [1.82, 2.24) is 0 Å². The van der Waals surface area contributed by atoms with Crippen molar-refractivity contribution in [3.05, 3.63) is 63.1 Å². The minimum Gasteiger partial charge on any atom is -0.496 e. The lowest BCUT2D eigenvalue weighted by atomic mass is 10.0. The lowest BCUT2D eigenvalue weighted by Gasteiger charge is -2.08. The van der Waals surface area contributed by atoms with Crippen molar-refractivity contribution in [1.29, 1.82) is 0 Å². The summed E-state index contributed by atoms with van der Waals surface area (Å²) in [5.41, 5.74) is 0.367. The molecule has 0 heterocycles. The molecule has 0 atom stereocenters. The van der Waals surface area contributed by atoms with Gasteiger partial charge in [-0.25, -0.2) is 8.78 Å². The lowest BCUT2D eigenvalue weighted by Crippen LogP contribution is -2.06. The van der Waals surface area contributed by atoms with Gasteiger partial charge in [-0.15, -0.1) is 0 Å². The van der Waals surface area contributed by atoms with Gasteiger partial charge in [-0.1, -0.05) is 0 Å². The van der Waals surface area contributed by atoms with Gasteiger partial charge in [-0.3, -0.25) is 4.79 Å². The summed E-state index contributed by atoms with van der Waals surface area (Å²) in [5, 5.41) is 0. The van der Waals surface area contributed by atoms with Gasteiger partial charge < -0.3 is 4.74 Å². The maximum atomic E-state index is 13.7. The van der Waals surface area contributed by atoms with Crippen LogP contribution in [0, 0.1) is 18.6 Å². The van der Waals surface area contributed by atoms with E-state index >= 15 is 0 Å². The third kappa shape index (κ3) is 2.72. The number of ether oxygens (including phenoxy) is 1. The molecule has 0 aliphatic heterocycles. The number of hydrogen-bond acceptors (Lipinski definition) is 2. The highest BCUT2D eigenvalue weighted by Crippen LogP contribution is 2.27. The van der Waals surface area contributed by atoms with E-state index in [9.17, 15) is 13.6 Å². The number of carbonyl (C=O) groups is 1. The number of ketones is 1. The Balaban J connectivity index is 2.46. The number of aryl methyl sites for hydroxylation is 1. The van der Waals surface area contributed by atoms with Crippen LogP contribution in [-0.4, -0.2) is 12.9 Å². The van der Waals surface area contributed by atoms with E-state index in [4.69, 9.17) is 4.74 Å². The van der Waals surface area contributed by atoms with Gasteiger partial charge in [0.05, 0.1) is 17.1 Å². The maximum Gasteiger partial charge on any atom is 0.196 e. The molecule has 0 unspecified atom stereocenters. The van der Waals surface area contributed by atoms with Crippen molar-refractivity contribution in [3.8, 4) is 5.75 Å². The molecule has 2 aromatic carbocycles. The van der Waals surface area contributed by atoms with E-state index in [0.29, 0.717) is 15.8 Å². The molecular weight excluding hydrogens is 330 g/mol. The Hall–Kier alpha value is -1.75. The Kier molecular flexibility index (Phi) is 4.18. The van der Waals surface area contributed by atoms with Gasteiger partial charge in [0.2, 0.25) is 0 Å². The van der Waals surface area contributed by atoms with Crippen LogP contribution in [0.25, 0.3) is 0 Å². The number of methoxy groups -OCH3 is 1. The molecule has 104 valence electrons. The molecule has 0 saturated carbocycles. The molecule has 0 fully saturated rings. The molecular formula is C15H11BrF2O2. The summed E-state index contributed by atoms with van der Waals surface area (Å²) in [4.78, 5) is 12.3. The molecule has 0 saturated heterocycles. The zero-order valence-corrected chi connectivity index (χ0v) is 12.4. The molecule has 0 radical (unpaired) electrons. The van der Waals surface area contributed by atoms with Gasteiger partial charge in [0.25, 0.3) is 0 Å².